The first-order chi connectivity index (χ1) is 9.40. The second-order valence-corrected chi connectivity index (χ2v) is 4.81. The van der Waals surface area contributed by atoms with Crippen LogP contribution in [0.5, 0.6) is 0 Å². The Labute approximate surface area is 120 Å². The number of nitrogens with one attached hydrogen (secondary N) is 1. The number of hydrogen-bond acceptors (Lipinski definition) is 3. The summed E-state index contributed by atoms with van der Waals surface area (Å²) in [4.78, 5) is 15.6. The van der Waals surface area contributed by atoms with Gasteiger partial charge in [-0.05, 0) is 19.9 Å². The lowest BCUT2D eigenvalue weighted by atomic mass is 10.2. The van der Waals surface area contributed by atoms with Gasteiger partial charge in [0, 0.05) is 24.8 Å². The van der Waals surface area contributed by atoms with Crippen LogP contribution in [-0.2, 0) is 13.6 Å². The van der Waals surface area contributed by atoms with E-state index in [2.05, 4.69) is 15.4 Å². The summed E-state index contributed by atoms with van der Waals surface area (Å²) in [5.74, 6) is -1.07. The molecule has 0 bridgehead atoms. The Morgan fingerprint density at radius 3 is 2.80 bits per heavy atom. The van der Waals surface area contributed by atoms with Gasteiger partial charge in [0.1, 0.15) is 11.0 Å². The Balaban J connectivity index is 2.15. The molecule has 20 heavy (non-hydrogen) atoms. The molecular weight excluding hydrogens is 283 g/mol. The van der Waals surface area contributed by atoms with Crippen LogP contribution in [0.15, 0.2) is 12.3 Å². The number of rotatable bonds is 3. The minimum absolute atomic E-state index is 0.0193. The van der Waals surface area contributed by atoms with E-state index in [0.717, 1.165) is 29.2 Å². The van der Waals surface area contributed by atoms with Gasteiger partial charge in [-0.25, -0.2) is 9.37 Å². The number of amides is 1. The number of pyridine rings is 1. The van der Waals surface area contributed by atoms with Crippen LogP contribution in [-0.4, -0.2) is 20.7 Å². The molecule has 0 aromatic carbocycles. The van der Waals surface area contributed by atoms with Crippen molar-refractivity contribution in [2.24, 2.45) is 7.05 Å². The quantitative estimate of drug-likeness (QED) is 0.883. The first kappa shape index (κ1) is 14.5. The molecule has 0 aliphatic rings. The van der Waals surface area contributed by atoms with Crippen molar-refractivity contribution in [3.05, 3.63) is 45.7 Å². The van der Waals surface area contributed by atoms with Crippen LogP contribution in [0.25, 0.3) is 0 Å². The average molecular weight is 297 g/mol. The van der Waals surface area contributed by atoms with Crippen LogP contribution in [0.1, 0.15) is 27.3 Å². The smallest absolute Gasteiger partial charge is 0.254 e. The molecule has 0 radical (unpaired) electrons. The zero-order valence-electron chi connectivity index (χ0n) is 11.4. The predicted molar refractivity (Wildman–Crippen MR) is 73.1 cm³/mol. The summed E-state index contributed by atoms with van der Waals surface area (Å²) in [7, 11) is 1.83. The van der Waals surface area contributed by atoms with Crippen molar-refractivity contribution < 1.29 is 9.18 Å². The van der Waals surface area contributed by atoms with Crippen molar-refractivity contribution >= 4 is 17.5 Å². The molecular formula is C13H14ClFN4O. The van der Waals surface area contributed by atoms with Gasteiger partial charge in [0.05, 0.1) is 17.5 Å². The van der Waals surface area contributed by atoms with E-state index < -0.39 is 11.7 Å². The van der Waals surface area contributed by atoms with Crippen LogP contribution >= 0.6 is 11.6 Å². The van der Waals surface area contributed by atoms with Gasteiger partial charge < -0.3 is 5.32 Å². The molecule has 2 heterocycles. The normalized spacial score (nSPS) is 10.7. The number of nitrogens with zero attached hydrogens (tertiary/aromatic N) is 3. The molecule has 1 amide bonds. The third-order valence-corrected chi connectivity index (χ3v) is 3.44. The van der Waals surface area contributed by atoms with Crippen molar-refractivity contribution in [2.75, 3.05) is 0 Å². The van der Waals surface area contributed by atoms with Crippen LogP contribution in [0.3, 0.4) is 0 Å². The highest BCUT2D eigenvalue weighted by Crippen LogP contribution is 2.15. The highest BCUT2D eigenvalue weighted by Gasteiger charge is 2.15. The summed E-state index contributed by atoms with van der Waals surface area (Å²) < 4.78 is 14.8. The van der Waals surface area contributed by atoms with E-state index in [1.165, 1.54) is 0 Å². The van der Waals surface area contributed by atoms with Crippen LogP contribution in [0.4, 0.5) is 4.39 Å². The standard InChI is InChI=1S/C13H14ClFN4O/c1-7-11(8(2)19(3)18-7)6-17-13(20)10-4-9(15)5-16-12(10)14/h4-5H,6H2,1-3H3,(H,17,20). The molecule has 0 aliphatic carbocycles. The van der Waals surface area contributed by atoms with Gasteiger partial charge in [-0.2, -0.15) is 5.10 Å². The van der Waals surface area contributed by atoms with Crippen LogP contribution in [0.2, 0.25) is 5.15 Å². The zero-order chi connectivity index (χ0) is 14.9. The maximum Gasteiger partial charge on any atom is 0.254 e. The van der Waals surface area contributed by atoms with E-state index in [1.807, 2.05) is 20.9 Å². The Morgan fingerprint density at radius 1 is 1.50 bits per heavy atom. The number of carbonyl (C=O) groups is 1. The summed E-state index contributed by atoms with van der Waals surface area (Å²) in [6.07, 6.45) is 0.967. The highest BCUT2D eigenvalue weighted by molar-refractivity contribution is 6.32. The van der Waals surface area contributed by atoms with Gasteiger partial charge in [-0.15, -0.1) is 0 Å². The molecule has 2 aromatic rings. The summed E-state index contributed by atoms with van der Waals surface area (Å²) >= 11 is 5.78. The maximum atomic E-state index is 13.1. The molecule has 0 aliphatic heterocycles. The summed E-state index contributed by atoms with van der Waals surface area (Å²) in [6.45, 7) is 4.08. The van der Waals surface area contributed by atoms with Crippen molar-refractivity contribution in [1.29, 1.82) is 0 Å². The van der Waals surface area contributed by atoms with Gasteiger partial charge in [0.2, 0.25) is 0 Å². The molecule has 0 fully saturated rings. The van der Waals surface area contributed by atoms with Crippen molar-refractivity contribution in [3.8, 4) is 0 Å². The van der Waals surface area contributed by atoms with Gasteiger partial charge in [0.25, 0.3) is 5.91 Å². The molecule has 2 aromatic heterocycles. The average Bonchev–Trinajstić information content (AvgIpc) is 2.64. The molecule has 7 heteroatoms. The molecule has 0 atom stereocenters. The molecule has 106 valence electrons. The minimum Gasteiger partial charge on any atom is -0.348 e. The number of aromatic nitrogens is 3. The number of carbonyl (C=O) groups excluding carboxylic acids is 1. The van der Waals surface area contributed by atoms with Gasteiger partial charge in [-0.1, -0.05) is 11.6 Å². The van der Waals surface area contributed by atoms with Crippen molar-refractivity contribution in [3.63, 3.8) is 0 Å². The molecule has 0 unspecified atom stereocenters. The lowest BCUT2D eigenvalue weighted by Gasteiger charge is -2.07. The monoisotopic (exact) mass is 296 g/mol. The Hall–Kier alpha value is -1.95. The largest absolute Gasteiger partial charge is 0.348 e. The first-order valence-electron chi connectivity index (χ1n) is 5.98. The highest BCUT2D eigenvalue weighted by atomic mass is 35.5. The fourth-order valence-corrected chi connectivity index (χ4v) is 2.11. The van der Waals surface area contributed by atoms with Crippen LogP contribution < -0.4 is 5.32 Å². The molecule has 0 saturated heterocycles. The van der Waals surface area contributed by atoms with E-state index >= 15 is 0 Å². The van der Waals surface area contributed by atoms with E-state index in [9.17, 15) is 9.18 Å². The molecule has 1 N–H and O–H groups in total. The Kier molecular flexibility index (Phi) is 4.04. The Morgan fingerprint density at radius 2 is 2.20 bits per heavy atom. The van der Waals surface area contributed by atoms with Crippen molar-refractivity contribution in [2.45, 2.75) is 20.4 Å². The van der Waals surface area contributed by atoms with Gasteiger partial charge in [0.15, 0.2) is 0 Å². The van der Waals surface area contributed by atoms with E-state index in [0.29, 0.717) is 6.54 Å². The van der Waals surface area contributed by atoms with Crippen molar-refractivity contribution in [1.82, 2.24) is 20.1 Å². The second kappa shape index (κ2) is 5.58. The second-order valence-electron chi connectivity index (χ2n) is 4.45. The number of hydrogen-bond donors (Lipinski definition) is 1. The number of halogens is 2. The summed E-state index contributed by atoms with van der Waals surface area (Å²) in [5.41, 5.74) is 2.76. The van der Waals surface area contributed by atoms with Gasteiger partial charge in [-0.3, -0.25) is 9.48 Å². The first-order valence-corrected chi connectivity index (χ1v) is 6.36. The molecule has 0 saturated carbocycles. The molecule has 2 rings (SSSR count). The summed E-state index contributed by atoms with van der Waals surface area (Å²) in [6, 6.07) is 1.06. The molecule has 0 spiro atoms. The summed E-state index contributed by atoms with van der Waals surface area (Å²) in [5, 5.41) is 6.93. The maximum absolute atomic E-state index is 13.1. The van der Waals surface area contributed by atoms with E-state index in [4.69, 9.17) is 11.6 Å². The number of aryl methyl sites for hydroxylation is 2. The molecule has 5 nitrogen and oxygen atoms in total. The predicted octanol–water partition coefficient (Wildman–Crippen LogP) is 2.15. The van der Waals surface area contributed by atoms with E-state index in [-0.39, 0.29) is 10.7 Å². The van der Waals surface area contributed by atoms with E-state index in [1.54, 1.807) is 4.68 Å². The topological polar surface area (TPSA) is 59.8 Å². The lowest BCUT2D eigenvalue weighted by molar-refractivity contribution is 0.0950. The van der Waals surface area contributed by atoms with Crippen LogP contribution in [0, 0.1) is 19.7 Å². The minimum atomic E-state index is -0.603. The zero-order valence-corrected chi connectivity index (χ0v) is 12.1. The Bertz CT molecular complexity index is 669. The SMILES string of the molecule is Cc1nn(C)c(C)c1CNC(=O)c1cc(F)cnc1Cl. The third kappa shape index (κ3) is 2.80. The lowest BCUT2D eigenvalue weighted by Crippen LogP contribution is -2.24. The van der Waals surface area contributed by atoms with Gasteiger partial charge >= 0.3 is 0 Å². The fourth-order valence-electron chi connectivity index (χ4n) is 1.92. The fraction of sp³-hybridized carbons (Fsp3) is 0.308. The third-order valence-electron chi connectivity index (χ3n) is 3.13.